The summed E-state index contributed by atoms with van der Waals surface area (Å²) in [6, 6.07) is 0.826. The molecule has 0 atom stereocenters. The van der Waals surface area contributed by atoms with Crippen molar-refractivity contribution in [3.63, 3.8) is 0 Å². The molecule has 2 aromatic heterocycles. The molecule has 0 aliphatic rings. The van der Waals surface area contributed by atoms with Crippen molar-refractivity contribution in [3.05, 3.63) is 23.2 Å². The Morgan fingerprint density at radius 3 is 2.42 bits per heavy atom. The zero-order chi connectivity index (χ0) is 14.2. The molecule has 0 aromatic carbocycles. The van der Waals surface area contributed by atoms with Gasteiger partial charge in [0.2, 0.25) is 11.2 Å². The number of nitrogens with zero attached hydrogens (tertiary/aromatic N) is 6. The first kappa shape index (κ1) is 13.5. The number of alkyl halides is 3. The smallest absolute Gasteiger partial charge is 0.347 e. The lowest BCUT2D eigenvalue weighted by Crippen LogP contribution is -2.16. The number of anilines is 1. The molecule has 0 unspecified atom stereocenters. The summed E-state index contributed by atoms with van der Waals surface area (Å²) >= 11 is 5.69. The van der Waals surface area contributed by atoms with Crippen LogP contribution in [0.25, 0.3) is 5.95 Å². The number of halogens is 4. The van der Waals surface area contributed by atoms with Gasteiger partial charge in [0.1, 0.15) is 0 Å². The van der Waals surface area contributed by atoms with E-state index in [-0.39, 0.29) is 17.2 Å². The number of aromatic nitrogens is 5. The Kier molecular flexibility index (Phi) is 3.31. The monoisotopic (exact) mass is 292 g/mol. The Morgan fingerprint density at radius 2 is 1.89 bits per heavy atom. The number of hydrogen-bond donors (Lipinski definition) is 0. The van der Waals surface area contributed by atoms with E-state index in [2.05, 4.69) is 20.1 Å². The van der Waals surface area contributed by atoms with E-state index in [1.165, 1.54) is 0 Å². The van der Waals surface area contributed by atoms with Crippen LogP contribution in [0.3, 0.4) is 0 Å². The van der Waals surface area contributed by atoms with Crippen LogP contribution < -0.4 is 4.90 Å². The van der Waals surface area contributed by atoms with Gasteiger partial charge in [-0.15, -0.1) is 0 Å². The molecule has 0 radical (unpaired) electrons. The SMILES string of the molecule is CN(C)c1nc(Cl)nc(-n2ccc(C(F)(F)F)n2)n1. The summed E-state index contributed by atoms with van der Waals surface area (Å²) in [5, 5.41) is 3.23. The molecule has 2 heterocycles. The van der Waals surface area contributed by atoms with Crippen molar-refractivity contribution in [2.45, 2.75) is 6.18 Å². The standard InChI is InChI=1S/C9H8ClF3N6/c1-18(2)7-14-6(10)15-8(16-7)19-4-3-5(17-19)9(11,12)13/h3-4H,1-2H3. The third-order valence-electron chi connectivity index (χ3n) is 2.07. The highest BCUT2D eigenvalue weighted by Gasteiger charge is 2.33. The predicted octanol–water partition coefficient (Wildman–Crippen LogP) is 1.80. The van der Waals surface area contributed by atoms with Crippen LogP contribution in [-0.4, -0.2) is 38.8 Å². The molecule has 2 aromatic rings. The van der Waals surface area contributed by atoms with Crippen LogP contribution in [0.4, 0.5) is 19.1 Å². The third kappa shape index (κ3) is 2.92. The van der Waals surface area contributed by atoms with Crippen molar-refractivity contribution in [2.24, 2.45) is 0 Å². The summed E-state index contributed by atoms with van der Waals surface area (Å²) in [7, 11) is 3.33. The molecule has 0 spiro atoms. The summed E-state index contributed by atoms with van der Waals surface area (Å²) in [5.41, 5.74) is -1.03. The lowest BCUT2D eigenvalue weighted by molar-refractivity contribution is -0.141. The summed E-state index contributed by atoms with van der Waals surface area (Å²) in [6.45, 7) is 0. The third-order valence-corrected chi connectivity index (χ3v) is 2.24. The molecule has 0 amide bonds. The van der Waals surface area contributed by atoms with Crippen LogP contribution in [0.2, 0.25) is 5.28 Å². The fourth-order valence-corrected chi connectivity index (χ4v) is 1.37. The van der Waals surface area contributed by atoms with E-state index in [4.69, 9.17) is 11.6 Å². The van der Waals surface area contributed by atoms with Crippen LogP contribution >= 0.6 is 11.6 Å². The van der Waals surface area contributed by atoms with Crippen LogP contribution in [-0.2, 0) is 6.18 Å². The maximum absolute atomic E-state index is 12.4. The fraction of sp³-hybridized carbons (Fsp3) is 0.333. The van der Waals surface area contributed by atoms with E-state index in [0.29, 0.717) is 0 Å². The quantitative estimate of drug-likeness (QED) is 0.844. The summed E-state index contributed by atoms with van der Waals surface area (Å²) in [4.78, 5) is 13.0. The Labute approximate surface area is 110 Å². The molecule has 19 heavy (non-hydrogen) atoms. The fourth-order valence-electron chi connectivity index (χ4n) is 1.22. The predicted molar refractivity (Wildman–Crippen MR) is 61.3 cm³/mol. The minimum absolute atomic E-state index is 0.0841. The van der Waals surface area contributed by atoms with E-state index in [9.17, 15) is 13.2 Å². The van der Waals surface area contributed by atoms with Crippen LogP contribution in [0.15, 0.2) is 12.3 Å². The van der Waals surface area contributed by atoms with E-state index in [0.717, 1.165) is 16.9 Å². The van der Waals surface area contributed by atoms with Crippen LogP contribution in [0, 0.1) is 0 Å². The van der Waals surface area contributed by atoms with Gasteiger partial charge in [0.25, 0.3) is 5.95 Å². The van der Waals surface area contributed by atoms with Gasteiger partial charge in [-0.3, -0.25) is 0 Å². The van der Waals surface area contributed by atoms with Gasteiger partial charge in [-0.25, -0.2) is 4.68 Å². The number of rotatable bonds is 2. The molecule has 10 heteroatoms. The van der Waals surface area contributed by atoms with Gasteiger partial charge in [0, 0.05) is 20.3 Å². The Morgan fingerprint density at radius 1 is 1.21 bits per heavy atom. The van der Waals surface area contributed by atoms with Gasteiger partial charge >= 0.3 is 6.18 Å². The molecule has 0 fully saturated rings. The molecule has 0 bridgehead atoms. The largest absolute Gasteiger partial charge is 0.435 e. The first-order chi connectivity index (χ1) is 8.77. The average Bonchev–Trinajstić information content (AvgIpc) is 2.76. The summed E-state index contributed by atoms with van der Waals surface area (Å²) in [6.07, 6.45) is -3.42. The molecule has 0 saturated heterocycles. The molecular formula is C9H8ClF3N6. The minimum Gasteiger partial charge on any atom is -0.347 e. The topological polar surface area (TPSA) is 59.7 Å². The molecule has 2 rings (SSSR count). The second kappa shape index (κ2) is 4.65. The van der Waals surface area contributed by atoms with Gasteiger partial charge in [0.05, 0.1) is 0 Å². The Hall–Kier alpha value is -1.90. The normalized spacial score (nSPS) is 11.7. The average molecular weight is 293 g/mol. The van der Waals surface area contributed by atoms with Crippen LogP contribution in [0.1, 0.15) is 5.69 Å². The highest BCUT2D eigenvalue weighted by atomic mass is 35.5. The van der Waals surface area contributed by atoms with Crippen molar-refractivity contribution in [1.29, 1.82) is 0 Å². The molecule has 0 aliphatic carbocycles. The Bertz CT molecular complexity index is 594. The van der Waals surface area contributed by atoms with Crippen molar-refractivity contribution < 1.29 is 13.2 Å². The van der Waals surface area contributed by atoms with Crippen molar-refractivity contribution in [2.75, 3.05) is 19.0 Å². The van der Waals surface area contributed by atoms with Gasteiger partial charge < -0.3 is 4.90 Å². The summed E-state index contributed by atoms with van der Waals surface area (Å²) in [5.74, 6) is 0.137. The molecule has 0 saturated carbocycles. The van der Waals surface area contributed by atoms with Crippen molar-refractivity contribution in [3.8, 4) is 5.95 Å². The molecule has 0 N–H and O–H groups in total. The first-order valence-electron chi connectivity index (χ1n) is 4.99. The maximum Gasteiger partial charge on any atom is 0.435 e. The Balaban J connectivity index is 2.44. The lowest BCUT2D eigenvalue weighted by Gasteiger charge is -2.10. The zero-order valence-electron chi connectivity index (χ0n) is 9.85. The minimum atomic E-state index is -4.52. The van der Waals surface area contributed by atoms with E-state index in [1.807, 2.05) is 0 Å². The molecule has 6 nitrogen and oxygen atoms in total. The molecule has 102 valence electrons. The second-order valence-electron chi connectivity index (χ2n) is 3.74. The molecule has 0 aliphatic heterocycles. The lowest BCUT2D eigenvalue weighted by atomic mass is 10.4. The van der Waals surface area contributed by atoms with Crippen molar-refractivity contribution in [1.82, 2.24) is 24.7 Å². The van der Waals surface area contributed by atoms with E-state index >= 15 is 0 Å². The maximum atomic E-state index is 12.4. The first-order valence-corrected chi connectivity index (χ1v) is 5.37. The summed E-state index contributed by atoms with van der Waals surface area (Å²) < 4.78 is 38.2. The second-order valence-corrected chi connectivity index (χ2v) is 4.08. The van der Waals surface area contributed by atoms with E-state index < -0.39 is 11.9 Å². The highest BCUT2D eigenvalue weighted by Crippen LogP contribution is 2.27. The van der Waals surface area contributed by atoms with E-state index in [1.54, 1.807) is 19.0 Å². The van der Waals surface area contributed by atoms with Crippen molar-refractivity contribution >= 4 is 17.5 Å². The van der Waals surface area contributed by atoms with Gasteiger partial charge in [-0.1, -0.05) is 0 Å². The van der Waals surface area contributed by atoms with Gasteiger partial charge in [-0.05, 0) is 17.7 Å². The zero-order valence-corrected chi connectivity index (χ0v) is 10.6. The van der Waals surface area contributed by atoms with Gasteiger partial charge in [-0.2, -0.15) is 33.2 Å². The number of hydrogen-bond acceptors (Lipinski definition) is 5. The highest BCUT2D eigenvalue weighted by molar-refractivity contribution is 6.28. The van der Waals surface area contributed by atoms with Crippen LogP contribution in [0.5, 0.6) is 0 Å². The van der Waals surface area contributed by atoms with Gasteiger partial charge in [0.15, 0.2) is 5.69 Å². The molecular weight excluding hydrogens is 285 g/mol.